The smallest absolute Gasteiger partial charge is 0.322 e. The Bertz CT molecular complexity index is 629. The summed E-state index contributed by atoms with van der Waals surface area (Å²) in [6.07, 6.45) is 2.13. The summed E-state index contributed by atoms with van der Waals surface area (Å²) in [5, 5.41) is 8.32. The Labute approximate surface area is 128 Å². The Kier molecular flexibility index (Phi) is 3.12. The van der Waals surface area contributed by atoms with Crippen LogP contribution in [0.3, 0.4) is 0 Å². The molecule has 0 unspecified atom stereocenters. The van der Waals surface area contributed by atoms with Crippen molar-refractivity contribution in [2.45, 2.75) is 18.3 Å². The van der Waals surface area contributed by atoms with E-state index in [-0.39, 0.29) is 5.41 Å². The highest BCUT2D eigenvalue weighted by Gasteiger charge is 2.50. The van der Waals surface area contributed by atoms with Gasteiger partial charge in [0.25, 0.3) is 0 Å². The molecule has 1 saturated carbocycles. The molecule has 1 aromatic carbocycles. The molecule has 2 heterocycles. The van der Waals surface area contributed by atoms with Crippen LogP contribution in [0.2, 0.25) is 5.02 Å². The second-order valence-corrected chi connectivity index (χ2v) is 6.16. The lowest BCUT2D eigenvalue weighted by molar-refractivity contribution is 0.395. The number of rotatable bonds is 3. The van der Waals surface area contributed by atoms with Gasteiger partial charge >= 0.3 is 6.01 Å². The number of hydrogen-bond donors (Lipinski definition) is 1. The summed E-state index contributed by atoms with van der Waals surface area (Å²) < 4.78 is 5.49. The van der Waals surface area contributed by atoms with Crippen molar-refractivity contribution in [3.8, 4) is 0 Å². The van der Waals surface area contributed by atoms with Crippen LogP contribution in [0.15, 0.2) is 28.8 Å². The molecule has 0 atom stereocenters. The van der Waals surface area contributed by atoms with Gasteiger partial charge in [-0.25, -0.2) is 0 Å². The number of benzene rings is 1. The zero-order valence-corrected chi connectivity index (χ0v) is 12.4. The molecule has 110 valence electrons. The third-order valence-electron chi connectivity index (χ3n) is 4.38. The van der Waals surface area contributed by atoms with Crippen LogP contribution in [0.1, 0.15) is 24.2 Å². The van der Waals surface area contributed by atoms with E-state index in [9.17, 15) is 0 Å². The van der Waals surface area contributed by atoms with Gasteiger partial charge in [-0.05, 0) is 30.5 Å². The number of anilines is 1. The van der Waals surface area contributed by atoms with Crippen molar-refractivity contribution in [3.63, 3.8) is 0 Å². The highest BCUT2D eigenvalue weighted by Crippen LogP contribution is 2.52. The minimum atomic E-state index is -0.0691. The van der Waals surface area contributed by atoms with Gasteiger partial charge in [0, 0.05) is 31.2 Å². The molecule has 1 saturated heterocycles. The minimum absolute atomic E-state index is 0.0691. The predicted octanol–water partition coefficient (Wildman–Crippen LogP) is 2.21. The summed E-state index contributed by atoms with van der Waals surface area (Å²) in [7, 11) is 0. The first-order valence-electron chi connectivity index (χ1n) is 7.34. The summed E-state index contributed by atoms with van der Waals surface area (Å²) >= 11 is 5.97. The van der Waals surface area contributed by atoms with Gasteiger partial charge in [0.15, 0.2) is 5.82 Å². The number of nitrogens with zero attached hydrogens (tertiary/aromatic N) is 3. The number of aromatic nitrogens is 2. The van der Waals surface area contributed by atoms with E-state index in [2.05, 4.69) is 32.5 Å². The van der Waals surface area contributed by atoms with E-state index in [4.69, 9.17) is 16.1 Å². The summed E-state index contributed by atoms with van der Waals surface area (Å²) in [6, 6.07) is 8.63. The van der Waals surface area contributed by atoms with Crippen LogP contribution >= 0.6 is 11.6 Å². The van der Waals surface area contributed by atoms with E-state index in [1.807, 2.05) is 12.1 Å². The zero-order chi connectivity index (χ0) is 14.3. The van der Waals surface area contributed by atoms with Gasteiger partial charge in [-0.1, -0.05) is 28.9 Å². The molecule has 0 bridgehead atoms. The van der Waals surface area contributed by atoms with Crippen LogP contribution in [-0.4, -0.2) is 36.3 Å². The fraction of sp³-hybridized carbons (Fsp3) is 0.467. The molecule has 5 nitrogen and oxygen atoms in total. The second-order valence-electron chi connectivity index (χ2n) is 5.73. The van der Waals surface area contributed by atoms with Crippen LogP contribution in [-0.2, 0) is 5.41 Å². The van der Waals surface area contributed by atoms with Crippen LogP contribution < -0.4 is 10.2 Å². The van der Waals surface area contributed by atoms with Crippen LogP contribution in [0.5, 0.6) is 0 Å². The lowest BCUT2D eigenvalue weighted by Gasteiger charge is -2.24. The molecule has 0 amide bonds. The Morgan fingerprint density at radius 1 is 1.14 bits per heavy atom. The Morgan fingerprint density at radius 2 is 1.86 bits per heavy atom. The largest absolute Gasteiger partial charge is 0.324 e. The van der Waals surface area contributed by atoms with Gasteiger partial charge in [-0.15, -0.1) is 0 Å². The number of nitrogens with one attached hydrogen (secondary N) is 1. The van der Waals surface area contributed by atoms with Crippen molar-refractivity contribution in [3.05, 3.63) is 40.7 Å². The molecule has 4 rings (SSSR count). The molecular formula is C15H17ClN4O. The Balaban J connectivity index is 1.61. The predicted molar refractivity (Wildman–Crippen MR) is 80.8 cm³/mol. The maximum absolute atomic E-state index is 5.97. The average molecular weight is 305 g/mol. The summed E-state index contributed by atoms with van der Waals surface area (Å²) in [5.74, 6) is 0.804. The lowest BCUT2D eigenvalue weighted by atomic mass is 9.95. The second kappa shape index (κ2) is 5.00. The van der Waals surface area contributed by atoms with Gasteiger partial charge in [-0.2, -0.15) is 4.98 Å². The zero-order valence-electron chi connectivity index (χ0n) is 11.7. The summed E-state index contributed by atoms with van der Waals surface area (Å²) in [5.41, 5.74) is 1.15. The van der Waals surface area contributed by atoms with Gasteiger partial charge in [-0.3, -0.25) is 0 Å². The minimum Gasteiger partial charge on any atom is -0.322 e. The van der Waals surface area contributed by atoms with E-state index in [1.54, 1.807) is 0 Å². The van der Waals surface area contributed by atoms with Crippen molar-refractivity contribution in [2.24, 2.45) is 0 Å². The van der Waals surface area contributed by atoms with E-state index in [0.29, 0.717) is 6.01 Å². The van der Waals surface area contributed by atoms with E-state index in [1.165, 1.54) is 5.56 Å². The molecule has 2 aliphatic rings. The molecule has 1 aliphatic carbocycles. The molecular weight excluding hydrogens is 288 g/mol. The molecule has 2 aromatic rings. The molecule has 0 spiro atoms. The molecule has 21 heavy (non-hydrogen) atoms. The van der Waals surface area contributed by atoms with Gasteiger partial charge in [0.1, 0.15) is 0 Å². The van der Waals surface area contributed by atoms with Crippen LogP contribution in [0.4, 0.5) is 6.01 Å². The van der Waals surface area contributed by atoms with Crippen molar-refractivity contribution in [1.82, 2.24) is 15.5 Å². The maximum Gasteiger partial charge on any atom is 0.324 e. The molecule has 0 radical (unpaired) electrons. The summed E-state index contributed by atoms with van der Waals surface area (Å²) in [6.45, 7) is 3.74. The normalized spacial score (nSPS) is 20.5. The first-order chi connectivity index (χ1) is 10.3. The van der Waals surface area contributed by atoms with E-state index in [0.717, 1.165) is 49.9 Å². The molecule has 1 N–H and O–H groups in total. The first-order valence-corrected chi connectivity index (χ1v) is 7.72. The number of halogens is 1. The Hall–Kier alpha value is -1.59. The highest BCUT2D eigenvalue weighted by atomic mass is 35.5. The fourth-order valence-corrected chi connectivity index (χ4v) is 3.06. The maximum atomic E-state index is 5.97. The van der Waals surface area contributed by atoms with Crippen molar-refractivity contribution < 1.29 is 4.52 Å². The van der Waals surface area contributed by atoms with E-state index >= 15 is 0 Å². The SMILES string of the molecule is Clc1ccc(C2(c3noc(N4CCNCC4)n3)CC2)cc1. The number of hydrogen-bond acceptors (Lipinski definition) is 5. The van der Waals surface area contributed by atoms with Crippen molar-refractivity contribution in [1.29, 1.82) is 0 Å². The average Bonchev–Trinajstić information content (AvgIpc) is 3.19. The topological polar surface area (TPSA) is 54.2 Å². The third-order valence-corrected chi connectivity index (χ3v) is 4.63. The van der Waals surface area contributed by atoms with Gasteiger partial charge in [0.2, 0.25) is 0 Å². The van der Waals surface area contributed by atoms with Gasteiger partial charge in [0.05, 0.1) is 5.41 Å². The standard InChI is InChI=1S/C15H17ClN4O/c16-12-3-1-11(2-4-12)15(5-6-15)13-18-14(21-19-13)20-9-7-17-8-10-20/h1-4,17H,5-10H2. The quantitative estimate of drug-likeness (QED) is 0.942. The molecule has 1 aromatic heterocycles. The van der Waals surface area contributed by atoms with Crippen molar-refractivity contribution in [2.75, 3.05) is 31.1 Å². The van der Waals surface area contributed by atoms with Gasteiger partial charge < -0.3 is 14.7 Å². The molecule has 2 fully saturated rings. The van der Waals surface area contributed by atoms with E-state index < -0.39 is 0 Å². The number of piperazine rings is 1. The monoisotopic (exact) mass is 304 g/mol. The summed E-state index contributed by atoms with van der Waals surface area (Å²) in [4.78, 5) is 6.80. The fourth-order valence-electron chi connectivity index (χ4n) is 2.93. The van der Waals surface area contributed by atoms with Crippen LogP contribution in [0.25, 0.3) is 0 Å². The van der Waals surface area contributed by atoms with Crippen molar-refractivity contribution >= 4 is 17.6 Å². The molecule has 1 aliphatic heterocycles. The van der Waals surface area contributed by atoms with Crippen LogP contribution in [0, 0.1) is 0 Å². The lowest BCUT2D eigenvalue weighted by Crippen LogP contribution is -2.43. The first kappa shape index (κ1) is 13.1. The molecule has 6 heteroatoms. The third kappa shape index (κ3) is 2.30. The highest BCUT2D eigenvalue weighted by molar-refractivity contribution is 6.30. The Morgan fingerprint density at radius 3 is 2.52 bits per heavy atom.